The standard InChI is InChI=1S/C10H12BrClOS/c1-2-3-4-7(11)10(13)8-5-6-9(12)14-8/h5-7H,2-4H2,1H3. The lowest BCUT2D eigenvalue weighted by molar-refractivity contribution is 0.0992. The summed E-state index contributed by atoms with van der Waals surface area (Å²) in [4.78, 5) is 12.5. The lowest BCUT2D eigenvalue weighted by Crippen LogP contribution is -2.12. The number of rotatable bonds is 5. The Balaban J connectivity index is 2.56. The minimum atomic E-state index is -0.0582. The van der Waals surface area contributed by atoms with Gasteiger partial charge in [0.25, 0.3) is 0 Å². The number of halogens is 2. The third-order valence-corrected chi connectivity index (χ3v) is 4.03. The van der Waals surface area contributed by atoms with E-state index in [-0.39, 0.29) is 10.6 Å². The Morgan fingerprint density at radius 3 is 2.86 bits per heavy atom. The molecule has 0 aromatic carbocycles. The Kier molecular flexibility index (Phi) is 5.13. The van der Waals surface area contributed by atoms with Crippen LogP contribution in [-0.2, 0) is 0 Å². The van der Waals surface area contributed by atoms with Crippen molar-refractivity contribution in [3.63, 3.8) is 0 Å². The molecule has 1 nitrogen and oxygen atoms in total. The van der Waals surface area contributed by atoms with E-state index < -0.39 is 0 Å². The van der Waals surface area contributed by atoms with E-state index in [1.165, 1.54) is 11.3 Å². The highest BCUT2D eigenvalue weighted by Crippen LogP contribution is 2.25. The van der Waals surface area contributed by atoms with Crippen molar-refractivity contribution in [1.82, 2.24) is 0 Å². The number of hydrogen-bond donors (Lipinski definition) is 0. The topological polar surface area (TPSA) is 17.1 Å². The highest BCUT2D eigenvalue weighted by molar-refractivity contribution is 9.10. The van der Waals surface area contributed by atoms with E-state index in [1.54, 1.807) is 12.1 Å². The van der Waals surface area contributed by atoms with Crippen molar-refractivity contribution < 1.29 is 4.79 Å². The summed E-state index contributed by atoms with van der Waals surface area (Å²) in [6, 6.07) is 3.55. The molecule has 0 aliphatic heterocycles. The van der Waals surface area contributed by atoms with E-state index in [4.69, 9.17) is 11.6 Å². The molecular formula is C10H12BrClOS. The van der Waals surface area contributed by atoms with E-state index >= 15 is 0 Å². The van der Waals surface area contributed by atoms with Gasteiger partial charge in [-0.25, -0.2) is 0 Å². The van der Waals surface area contributed by atoms with Gasteiger partial charge in [0, 0.05) is 0 Å². The first-order valence-electron chi connectivity index (χ1n) is 4.58. The maximum absolute atomic E-state index is 11.8. The Hall–Kier alpha value is 0.140. The van der Waals surface area contributed by atoms with Crippen LogP contribution >= 0.6 is 38.9 Å². The highest BCUT2D eigenvalue weighted by atomic mass is 79.9. The quantitative estimate of drug-likeness (QED) is 0.576. The molecule has 1 atom stereocenters. The maximum Gasteiger partial charge on any atom is 0.186 e. The minimum Gasteiger partial charge on any atom is -0.292 e. The molecule has 4 heteroatoms. The predicted molar refractivity (Wildman–Crippen MR) is 65.9 cm³/mol. The van der Waals surface area contributed by atoms with Crippen molar-refractivity contribution in [3.8, 4) is 0 Å². The third-order valence-electron chi connectivity index (χ3n) is 1.91. The zero-order valence-electron chi connectivity index (χ0n) is 7.93. The molecule has 0 N–H and O–H groups in total. The number of unbranched alkanes of at least 4 members (excludes halogenated alkanes) is 1. The van der Waals surface area contributed by atoms with Crippen LogP contribution in [0.3, 0.4) is 0 Å². The highest BCUT2D eigenvalue weighted by Gasteiger charge is 2.17. The molecule has 1 aromatic rings. The van der Waals surface area contributed by atoms with Gasteiger partial charge in [-0.2, -0.15) is 0 Å². The molecule has 0 aliphatic carbocycles. The number of thiophene rings is 1. The number of hydrogen-bond acceptors (Lipinski definition) is 2. The summed E-state index contributed by atoms with van der Waals surface area (Å²) >= 11 is 10.5. The van der Waals surface area contributed by atoms with Gasteiger partial charge in [0.15, 0.2) is 5.78 Å². The summed E-state index contributed by atoms with van der Waals surface area (Å²) in [5, 5.41) is 0. The normalized spacial score (nSPS) is 12.8. The van der Waals surface area contributed by atoms with Gasteiger partial charge in [0.2, 0.25) is 0 Å². The predicted octanol–water partition coefficient (Wildman–Crippen LogP) is 4.54. The number of ketones is 1. The number of alkyl halides is 1. The lowest BCUT2D eigenvalue weighted by atomic mass is 10.1. The molecule has 1 rings (SSSR count). The van der Waals surface area contributed by atoms with Gasteiger partial charge in [-0.1, -0.05) is 47.3 Å². The summed E-state index contributed by atoms with van der Waals surface area (Å²) in [5.74, 6) is 0.148. The Morgan fingerprint density at radius 2 is 2.36 bits per heavy atom. The van der Waals surface area contributed by atoms with Gasteiger partial charge in [0.05, 0.1) is 14.0 Å². The van der Waals surface area contributed by atoms with E-state index in [0.29, 0.717) is 4.34 Å². The fourth-order valence-corrected chi connectivity index (χ4v) is 2.87. The molecular weight excluding hydrogens is 284 g/mol. The van der Waals surface area contributed by atoms with E-state index in [9.17, 15) is 4.79 Å². The van der Waals surface area contributed by atoms with Gasteiger partial charge >= 0.3 is 0 Å². The largest absolute Gasteiger partial charge is 0.292 e. The SMILES string of the molecule is CCCCC(Br)C(=O)c1ccc(Cl)s1. The maximum atomic E-state index is 11.8. The van der Waals surface area contributed by atoms with Crippen molar-refractivity contribution in [2.24, 2.45) is 0 Å². The molecule has 0 spiro atoms. The number of carbonyl (C=O) groups excluding carboxylic acids is 1. The van der Waals surface area contributed by atoms with Crippen LogP contribution < -0.4 is 0 Å². The van der Waals surface area contributed by atoms with Crippen molar-refractivity contribution >= 4 is 44.7 Å². The second-order valence-electron chi connectivity index (χ2n) is 3.08. The number of Topliss-reactive ketones (excluding diaryl/α,β-unsaturated/α-hetero) is 1. The van der Waals surface area contributed by atoms with Crippen molar-refractivity contribution in [1.29, 1.82) is 0 Å². The molecule has 1 aromatic heterocycles. The van der Waals surface area contributed by atoms with Gasteiger partial charge < -0.3 is 0 Å². The summed E-state index contributed by atoms with van der Waals surface area (Å²) in [5.41, 5.74) is 0. The summed E-state index contributed by atoms with van der Waals surface area (Å²) < 4.78 is 0.670. The first-order chi connectivity index (χ1) is 6.65. The first-order valence-corrected chi connectivity index (χ1v) is 6.69. The van der Waals surface area contributed by atoms with Gasteiger partial charge in [0.1, 0.15) is 0 Å². The van der Waals surface area contributed by atoms with Crippen molar-refractivity contribution in [3.05, 3.63) is 21.3 Å². The second kappa shape index (κ2) is 5.89. The first kappa shape index (κ1) is 12.2. The fraction of sp³-hybridized carbons (Fsp3) is 0.500. The third kappa shape index (κ3) is 3.37. The van der Waals surface area contributed by atoms with Gasteiger partial charge in [-0.05, 0) is 18.6 Å². The Labute approximate surface area is 102 Å². The summed E-state index contributed by atoms with van der Waals surface area (Å²) in [7, 11) is 0. The molecule has 1 heterocycles. The van der Waals surface area contributed by atoms with Crippen LogP contribution in [0.5, 0.6) is 0 Å². The molecule has 78 valence electrons. The van der Waals surface area contributed by atoms with Crippen LogP contribution in [0.2, 0.25) is 4.34 Å². The molecule has 0 aliphatic rings. The van der Waals surface area contributed by atoms with Crippen LogP contribution in [0.4, 0.5) is 0 Å². The van der Waals surface area contributed by atoms with Crippen LogP contribution in [0.15, 0.2) is 12.1 Å². The van der Waals surface area contributed by atoms with Crippen molar-refractivity contribution in [2.45, 2.75) is 31.0 Å². The molecule has 0 amide bonds. The van der Waals surface area contributed by atoms with Crippen LogP contribution in [0.25, 0.3) is 0 Å². The molecule has 1 unspecified atom stereocenters. The fourth-order valence-electron chi connectivity index (χ4n) is 1.12. The van der Waals surface area contributed by atoms with E-state index in [0.717, 1.165) is 24.1 Å². The monoisotopic (exact) mass is 294 g/mol. The van der Waals surface area contributed by atoms with E-state index in [1.807, 2.05) is 0 Å². The molecule has 14 heavy (non-hydrogen) atoms. The molecule has 0 fully saturated rings. The summed E-state index contributed by atoms with van der Waals surface area (Å²) in [6.45, 7) is 2.12. The van der Waals surface area contributed by atoms with Crippen LogP contribution in [0, 0.1) is 0 Å². The van der Waals surface area contributed by atoms with Crippen LogP contribution in [-0.4, -0.2) is 10.6 Å². The average Bonchev–Trinajstić information content (AvgIpc) is 2.60. The zero-order chi connectivity index (χ0) is 10.6. The Bertz CT molecular complexity index is 311. The second-order valence-corrected chi connectivity index (χ2v) is 5.90. The Morgan fingerprint density at radius 1 is 1.64 bits per heavy atom. The minimum absolute atomic E-state index is 0.0582. The lowest BCUT2D eigenvalue weighted by Gasteiger charge is -2.05. The van der Waals surface area contributed by atoms with Crippen LogP contribution in [0.1, 0.15) is 35.9 Å². The molecule has 0 saturated heterocycles. The zero-order valence-corrected chi connectivity index (χ0v) is 11.1. The summed E-state index contributed by atoms with van der Waals surface area (Å²) in [6.07, 6.45) is 3.08. The molecule has 0 radical (unpaired) electrons. The van der Waals surface area contributed by atoms with E-state index in [2.05, 4.69) is 22.9 Å². The molecule has 0 bridgehead atoms. The number of carbonyl (C=O) groups is 1. The van der Waals surface area contributed by atoms with Gasteiger partial charge in [-0.15, -0.1) is 11.3 Å². The smallest absolute Gasteiger partial charge is 0.186 e. The molecule has 0 saturated carbocycles. The van der Waals surface area contributed by atoms with Crippen molar-refractivity contribution in [2.75, 3.05) is 0 Å². The average molecular weight is 296 g/mol. The van der Waals surface area contributed by atoms with Gasteiger partial charge in [-0.3, -0.25) is 4.79 Å².